The standard InChI is InChI=1S/C8H8Cl2N2O2S2/c9-5-2-1-3-6(10)8(5)12-16(13,14)4-7(11)15/h1-3,12H,4H2,(H2,11,15). The van der Waals surface area contributed by atoms with Crippen molar-refractivity contribution in [3.05, 3.63) is 28.2 Å². The van der Waals surface area contributed by atoms with Gasteiger partial charge >= 0.3 is 0 Å². The number of thiocarbonyl (C=S) groups is 1. The number of anilines is 1. The summed E-state index contributed by atoms with van der Waals surface area (Å²) in [4.78, 5) is -0.129. The number of benzene rings is 1. The fraction of sp³-hybridized carbons (Fsp3) is 0.125. The molecule has 0 fully saturated rings. The monoisotopic (exact) mass is 298 g/mol. The van der Waals surface area contributed by atoms with Crippen molar-refractivity contribution in [3.63, 3.8) is 0 Å². The quantitative estimate of drug-likeness (QED) is 0.834. The normalized spacial score (nSPS) is 11.1. The lowest BCUT2D eigenvalue weighted by atomic mass is 10.3. The summed E-state index contributed by atoms with van der Waals surface area (Å²) in [6, 6.07) is 4.65. The minimum atomic E-state index is -3.66. The molecule has 3 N–H and O–H groups in total. The van der Waals surface area contributed by atoms with E-state index < -0.39 is 15.8 Å². The molecule has 0 aliphatic rings. The predicted octanol–water partition coefficient (Wildman–Crippen LogP) is 2.02. The van der Waals surface area contributed by atoms with E-state index >= 15 is 0 Å². The molecule has 1 aromatic rings. The van der Waals surface area contributed by atoms with Gasteiger partial charge in [0.15, 0.2) is 0 Å². The Labute approximate surface area is 109 Å². The van der Waals surface area contributed by atoms with Crippen LogP contribution in [0.5, 0.6) is 0 Å². The van der Waals surface area contributed by atoms with Crippen LogP contribution in [0.25, 0.3) is 0 Å². The zero-order valence-corrected chi connectivity index (χ0v) is 11.1. The number of hydrogen-bond donors (Lipinski definition) is 2. The average Bonchev–Trinajstić information content (AvgIpc) is 2.09. The molecule has 16 heavy (non-hydrogen) atoms. The minimum Gasteiger partial charge on any atom is -0.392 e. The van der Waals surface area contributed by atoms with Gasteiger partial charge in [-0.3, -0.25) is 4.72 Å². The first-order chi connectivity index (χ1) is 7.32. The number of nitrogens with two attached hydrogens (primary N) is 1. The van der Waals surface area contributed by atoms with E-state index in [-0.39, 0.29) is 20.7 Å². The minimum absolute atomic E-state index is 0.127. The van der Waals surface area contributed by atoms with Gasteiger partial charge in [0, 0.05) is 0 Å². The summed E-state index contributed by atoms with van der Waals surface area (Å²) in [7, 11) is -3.66. The molecule has 4 nitrogen and oxygen atoms in total. The molecule has 0 bridgehead atoms. The Morgan fingerprint density at radius 2 is 1.88 bits per heavy atom. The highest BCUT2D eigenvalue weighted by atomic mass is 35.5. The maximum Gasteiger partial charge on any atom is 0.239 e. The smallest absolute Gasteiger partial charge is 0.239 e. The Bertz CT molecular complexity index is 497. The molecule has 0 aromatic heterocycles. The summed E-state index contributed by atoms with van der Waals surface area (Å²) < 4.78 is 25.3. The van der Waals surface area contributed by atoms with Gasteiger partial charge in [0.2, 0.25) is 10.0 Å². The van der Waals surface area contributed by atoms with Gasteiger partial charge in [0.05, 0.1) is 20.7 Å². The first-order valence-corrected chi connectivity index (χ1v) is 6.86. The van der Waals surface area contributed by atoms with Gasteiger partial charge in [0.1, 0.15) is 5.75 Å². The zero-order chi connectivity index (χ0) is 12.3. The SMILES string of the molecule is NC(=S)CS(=O)(=O)Nc1c(Cl)cccc1Cl. The number of rotatable bonds is 4. The van der Waals surface area contributed by atoms with Crippen molar-refractivity contribution in [1.29, 1.82) is 0 Å². The van der Waals surface area contributed by atoms with Crippen LogP contribution in [-0.4, -0.2) is 19.2 Å². The Kier molecular flexibility index (Phi) is 4.37. The fourth-order valence-electron chi connectivity index (χ4n) is 0.974. The maximum absolute atomic E-state index is 11.5. The Hall–Kier alpha value is -0.560. The predicted molar refractivity (Wildman–Crippen MR) is 70.7 cm³/mol. The topological polar surface area (TPSA) is 72.2 Å². The molecule has 0 heterocycles. The molecular weight excluding hydrogens is 291 g/mol. The van der Waals surface area contributed by atoms with Crippen LogP contribution in [0.3, 0.4) is 0 Å². The van der Waals surface area contributed by atoms with E-state index in [1.54, 1.807) is 6.07 Å². The van der Waals surface area contributed by atoms with Crippen LogP contribution in [0.1, 0.15) is 0 Å². The highest BCUT2D eigenvalue weighted by Crippen LogP contribution is 2.30. The van der Waals surface area contributed by atoms with Crippen LogP contribution in [0.2, 0.25) is 10.0 Å². The van der Waals surface area contributed by atoms with Crippen molar-refractivity contribution in [3.8, 4) is 0 Å². The van der Waals surface area contributed by atoms with E-state index in [9.17, 15) is 8.42 Å². The third-order valence-corrected chi connectivity index (χ3v) is 3.72. The van der Waals surface area contributed by atoms with Crippen molar-refractivity contribution >= 4 is 56.1 Å². The van der Waals surface area contributed by atoms with E-state index in [2.05, 4.69) is 16.9 Å². The summed E-state index contributed by atoms with van der Waals surface area (Å²) in [5.74, 6) is -0.454. The summed E-state index contributed by atoms with van der Waals surface area (Å²) >= 11 is 16.1. The van der Waals surface area contributed by atoms with E-state index in [0.29, 0.717) is 0 Å². The third kappa shape index (κ3) is 3.79. The second-order valence-corrected chi connectivity index (χ2v) is 5.99. The van der Waals surface area contributed by atoms with Crippen molar-refractivity contribution < 1.29 is 8.42 Å². The molecule has 0 atom stereocenters. The summed E-state index contributed by atoms with van der Waals surface area (Å²) in [5.41, 5.74) is 5.28. The van der Waals surface area contributed by atoms with Gasteiger partial charge in [-0.1, -0.05) is 41.5 Å². The second kappa shape index (κ2) is 5.18. The zero-order valence-electron chi connectivity index (χ0n) is 7.91. The lowest BCUT2D eigenvalue weighted by Crippen LogP contribution is -2.26. The molecule has 0 radical (unpaired) electrons. The Morgan fingerprint density at radius 3 is 2.31 bits per heavy atom. The van der Waals surface area contributed by atoms with Crippen LogP contribution in [0, 0.1) is 0 Å². The second-order valence-electron chi connectivity index (χ2n) is 2.92. The molecule has 0 spiro atoms. The molecule has 0 aliphatic heterocycles. The van der Waals surface area contributed by atoms with Gasteiger partial charge in [-0.25, -0.2) is 8.42 Å². The maximum atomic E-state index is 11.5. The molecule has 1 rings (SSSR count). The molecule has 88 valence electrons. The number of sulfonamides is 1. The van der Waals surface area contributed by atoms with Gasteiger partial charge in [-0.05, 0) is 12.1 Å². The van der Waals surface area contributed by atoms with E-state index in [1.807, 2.05) is 0 Å². The molecule has 0 saturated heterocycles. The molecular formula is C8H8Cl2N2O2S2. The Balaban J connectivity index is 3.01. The van der Waals surface area contributed by atoms with Crippen LogP contribution < -0.4 is 10.5 Å². The fourth-order valence-corrected chi connectivity index (χ4v) is 3.02. The van der Waals surface area contributed by atoms with Crippen LogP contribution in [0.15, 0.2) is 18.2 Å². The van der Waals surface area contributed by atoms with Crippen molar-refractivity contribution in [2.45, 2.75) is 0 Å². The molecule has 0 aliphatic carbocycles. The van der Waals surface area contributed by atoms with Gasteiger partial charge in [-0.2, -0.15) is 0 Å². The van der Waals surface area contributed by atoms with Gasteiger partial charge in [0.25, 0.3) is 0 Å². The van der Waals surface area contributed by atoms with E-state index in [0.717, 1.165) is 0 Å². The first-order valence-electron chi connectivity index (χ1n) is 4.04. The van der Waals surface area contributed by atoms with E-state index in [1.165, 1.54) is 12.1 Å². The van der Waals surface area contributed by atoms with Crippen molar-refractivity contribution in [1.82, 2.24) is 0 Å². The average molecular weight is 299 g/mol. The Morgan fingerprint density at radius 1 is 1.38 bits per heavy atom. The summed E-state index contributed by atoms with van der Waals surface area (Å²) in [6.45, 7) is 0. The van der Waals surface area contributed by atoms with Crippen LogP contribution in [-0.2, 0) is 10.0 Å². The summed E-state index contributed by atoms with van der Waals surface area (Å²) in [5, 5.41) is 0.415. The van der Waals surface area contributed by atoms with Crippen LogP contribution >= 0.6 is 35.4 Å². The highest BCUT2D eigenvalue weighted by molar-refractivity contribution is 7.95. The highest BCUT2D eigenvalue weighted by Gasteiger charge is 2.15. The van der Waals surface area contributed by atoms with E-state index in [4.69, 9.17) is 28.9 Å². The molecule has 0 saturated carbocycles. The first kappa shape index (κ1) is 13.5. The third-order valence-electron chi connectivity index (χ3n) is 1.55. The number of para-hydroxylation sites is 1. The number of halogens is 2. The molecule has 8 heteroatoms. The number of nitrogens with one attached hydrogen (secondary N) is 1. The van der Waals surface area contributed by atoms with Crippen molar-refractivity contribution in [2.75, 3.05) is 10.5 Å². The molecule has 1 aromatic carbocycles. The van der Waals surface area contributed by atoms with Gasteiger partial charge < -0.3 is 5.73 Å². The largest absolute Gasteiger partial charge is 0.392 e. The van der Waals surface area contributed by atoms with Crippen LogP contribution in [0.4, 0.5) is 5.69 Å². The molecule has 0 amide bonds. The van der Waals surface area contributed by atoms with Gasteiger partial charge in [-0.15, -0.1) is 0 Å². The number of hydrogen-bond acceptors (Lipinski definition) is 3. The molecule has 0 unspecified atom stereocenters. The lowest BCUT2D eigenvalue weighted by Gasteiger charge is -2.10. The van der Waals surface area contributed by atoms with Crippen molar-refractivity contribution in [2.24, 2.45) is 5.73 Å². The summed E-state index contributed by atoms with van der Waals surface area (Å²) in [6.07, 6.45) is 0. The lowest BCUT2D eigenvalue weighted by molar-refractivity contribution is 0.605.